The highest BCUT2D eigenvalue weighted by atomic mass is 79.9. The Morgan fingerprint density at radius 1 is 1.47 bits per heavy atom. The van der Waals surface area contributed by atoms with Gasteiger partial charge in [0.1, 0.15) is 0 Å². The number of benzene rings is 1. The molecule has 1 fully saturated rings. The van der Waals surface area contributed by atoms with E-state index >= 15 is 0 Å². The minimum absolute atomic E-state index is 0.270. The molecular formula is C15H22BrClN2. The van der Waals surface area contributed by atoms with Gasteiger partial charge in [-0.3, -0.25) is 4.90 Å². The molecule has 2 nitrogen and oxygen atoms in total. The van der Waals surface area contributed by atoms with Crippen molar-refractivity contribution in [2.75, 3.05) is 13.1 Å². The maximum atomic E-state index is 6.14. The monoisotopic (exact) mass is 344 g/mol. The molecule has 0 heterocycles. The van der Waals surface area contributed by atoms with Crippen molar-refractivity contribution in [1.29, 1.82) is 0 Å². The van der Waals surface area contributed by atoms with Gasteiger partial charge < -0.3 is 5.73 Å². The van der Waals surface area contributed by atoms with Gasteiger partial charge in [-0.05, 0) is 49.6 Å². The van der Waals surface area contributed by atoms with E-state index in [1.807, 2.05) is 18.2 Å². The van der Waals surface area contributed by atoms with Crippen LogP contribution >= 0.6 is 27.5 Å². The Labute approximate surface area is 129 Å². The summed E-state index contributed by atoms with van der Waals surface area (Å²) in [5.41, 5.74) is 7.28. The first-order chi connectivity index (χ1) is 9.17. The Morgan fingerprint density at radius 3 is 2.79 bits per heavy atom. The molecule has 1 unspecified atom stereocenters. The molecule has 1 saturated carbocycles. The molecule has 1 aromatic rings. The van der Waals surface area contributed by atoms with Crippen LogP contribution in [0.1, 0.15) is 44.2 Å². The molecule has 1 aromatic carbocycles. The second-order valence-electron chi connectivity index (χ2n) is 5.24. The molecule has 2 N–H and O–H groups in total. The third-order valence-electron chi connectivity index (χ3n) is 3.73. The first-order valence-electron chi connectivity index (χ1n) is 7.08. The average Bonchev–Trinajstić information content (AvgIpc) is 3.22. The van der Waals surface area contributed by atoms with Crippen molar-refractivity contribution in [2.45, 2.75) is 44.7 Å². The maximum absolute atomic E-state index is 6.14. The lowest BCUT2D eigenvalue weighted by Crippen LogP contribution is -2.36. The van der Waals surface area contributed by atoms with Crippen LogP contribution in [0.3, 0.4) is 0 Å². The highest BCUT2D eigenvalue weighted by molar-refractivity contribution is 9.10. The van der Waals surface area contributed by atoms with Crippen molar-refractivity contribution in [3.63, 3.8) is 0 Å². The fourth-order valence-corrected chi connectivity index (χ4v) is 3.24. The lowest BCUT2D eigenvalue weighted by Gasteiger charge is -2.32. The smallest absolute Gasteiger partial charge is 0.0485 e. The Hall–Kier alpha value is -0.0900. The first-order valence-corrected chi connectivity index (χ1v) is 8.25. The molecule has 0 aromatic heterocycles. The molecule has 0 spiro atoms. The van der Waals surface area contributed by atoms with Crippen LogP contribution in [0.5, 0.6) is 0 Å². The lowest BCUT2D eigenvalue weighted by atomic mass is 10.0. The second kappa shape index (κ2) is 7.07. The minimum atomic E-state index is 0.270. The summed E-state index contributed by atoms with van der Waals surface area (Å²) in [5, 5.41) is 0.780. The number of rotatable bonds is 7. The molecule has 19 heavy (non-hydrogen) atoms. The van der Waals surface area contributed by atoms with Crippen molar-refractivity contribution in [2.24, 2.45) is 5.73 Å². The summed E-state index contributed by atoms with van der Waals surface area (Å²) >= 11 is 9.78. The van der Waals surface area contributed by atoms with Crippen molar-refractivity contribution in [3.8, 4) is 0 Å². The summed E-state index contributed by atoms with van der Waals surface area (Å²) in [7, 11) is 0. The van der Waals surface area contributed by atoms with Gasteiger partial charge in [0.25, 0.3) is 0 Å². The first kappa shape index (κ1) is 15.3. The van der Waals surface area contributed by atoms with Crippen LogP contribution in [0.4, 0.5) is 0 Å². The van der Waals surface area contributed by atoms with Crippen molar-refractivity contribution >= 4 is 27.5 Å². The number of hydrogen-bond donors (Lipinski definition) is 1. The van der Waals surface area contributed by atoms with Gasteiger partial charge in [0.05, 0.1) is 0 Å². The van der Waals surface area contributed by atoms with Crippen molar-refractivity contribution in [3.05, 3.63) is 33.3 Å². The van der Waals surface area contributed by atoms with Crippen LogP contribution in [0.2, 0.25) is 5.02 Å². The average molecular weight is 346 g/mol. The molecule has 0 bridgehead atoms. The highest BCUT2D eigenvalue weighted by Gasteiger charge is 2.34. The van der Waals surface area contributed by atoms with Gasteiger partial charge >= 0.3 is 0 Å². The predicted molar refractivity (Wildman–Crippen MR) is 85.6 cm³/mol. The Morgan fingerprint density at radius 2 is 2.21 bits per heavy atom. The molecule has 2 rings (SSSR count). The summed E-state index contributed by atoms with van der Waals surface area (Å²) in [4.78, 5) is 2.57. The van der Waals surface area contributed by atoms with E-state index in [4.69, 9.17) is 17.3 Å². The van der Waals surface area contributed by atoms with Gasteiger partial charge in [0.2, 0.25) is 0 Å². The lowest BCUT2D eigenvalue weighted by molar-refractivity contribution is 0.187. The largest absolute Gasteiger partial charge is 0.329 e. The molecule has 0 amide bonds. The molecule has 106 valence electrons. The third kappa shape index (κ3) is 3.94. The van der Waals surface area contributed by atoms with E-state index < -0.39 is 0 Å². The second-order valence-corrected chi connectivity index (χ2v) is 6.53. The Bertz CT molecular complexity index is 421. The molecule has 4 heteroatoms. The van der Waals surface area contributed by atoms with E-state index in [1.165, 1.54) is 31.2 Å². The van der Waals surface area contributed by atoms with E-state index in [0.717, 1.165) is 16.0 Å². The normalized spacial score (nSPS) is 16.9. The zero-order valence-electron chi connectivity index (χ0n) is 11.4. The molecule has 0 aliphatic heterocycles. The fraction of sp³-hybridized carbons (Fsp3) is 0.600. The minimum Gasteiger partial charge on any atom is -0.329 e. The molecule has 1 aliphatic rings. The topological polar surface area (TPSA) is 29.3 Å². The van der Waals surface area contributed by atoms with Gasteiger partial charge in [-0.1, -0.05) is 40.9 Å². The number of halogens is 2. The quantitative estimate of drug-likeness (QED) is 0.795. The molecule has 0 saturated heterocycles. The van der Waals surface area contributed by atoms with Gasteiger partial charge in [0.15, 0.2) is 0 Å². The zero-order valence-corrected chi connectivity index (χ0v) is 13.8. The van der Waals surface area contributed by atoms with Crippen LogP contribution < -0.4 is 5.73 Å². The Kier molecular flexibility index (Phi) is 5.70. The van der Waals surface area contributed by atoms with Crippen LogP contribution in [-0.2, 0) is 0 Å². The van der Waals surface area contributed by atoms with Gasteiger partial charge in [-0.25, -0.2) is 0 Å². The van der Waals surface area contributed by atoms with Crippen LogP contribution in [0, 0.1) is 0 Å². The van der Waals surface area contributed by atoms with Crippen LogP contribution in [0.15, 0.2) is 22.7 Å². The number of nitrogens with two attached hydrogens (primary N) is 1. The molecule has 1 aliphatic carbocycles. The van der Waals surface area contributed by atoms with Crippen LogP contribution in [-0.4, -0.2) is 24.0 Å². The zero-order chi connectivity index (χ0) is 13.8. The van der Waals surface area contributed by atoms with Crippen LogP contribution in [0.25, 0.3) is 0 Å². The van der Waals surface area contributed by atoms with Crippen molar-refractivity contribution in [1.82, 2.24) is 4.90 Å². The SMILES string of the molecule is CCCCN(C1CC1)C(CN)c1cc(Cl)ccc1Br. The number of nitrogens with zero attached hydrogens (tertiary/aromatic N) is 1. The van der Waals surface area contributed by atoms with E-state index in [1.54, 1.807) is 0 Å². The van der Waals surface area contributed by atoms with E-state index in [-0.39, 0.29) is 6.04 Å². The van der Waals surface area contributed by atoms with Gasteiger partial charge in [-0.15, -0.1) is 0 Å². The fourth-order valence-electron chi connectivity index (χ4n) is 2.55. The molecular weight excluding hydrogens is 324 g/mol. The number of hydrogen-bond acceptors (Lipinski definition) is 2. The van der Waals surface area contributed by atoms with Gasteiger partial charge in [-0.2, -0.15) is 0 Å². The summed E-state index contributed by atoms with van der Waals surface area (Å²) in [6.07, 6.45) is 5.05. The van der Waals surface area contributed by atoms with E-state index in [2.05, 4.69) is 27.8 Å². The maximum Gasteiger partial charge on any atom is 0.0485 e. The predicted octanol–water partition coefficient (Wildman–Crippen LogP) is 4.37. The third-order valence-corrected chi connectivity index (χ3v) is 4.68. The summed E-state index contributed by atoms with van der Waals surface area (Å²) in [6.45, 7) is 4.00. The van der Waals surface area contributed by atoms with Crippen molar-refractivity contribution < 1.29 is 0 Å². The highest BCUT2D eigenvalue weighted by Crippen LogP contribution is 2.37. The summed E-state index contributed by atoms with van der Waals surface area (Å²) in [6, 6.07) is 6.96. The number of unbranched alkanes of at least 4 members (excludes halogenated alkanes) is 1. The van der Waals surface area contributed by atoms with E-state index in [0.29, 0.717) is 12.6 Å². The van der Waals surface area contributed by atoms with Gasteiger partial charge in [0, 0.05) is 28.1 Å². The standard InChI is InChI=1S/C15H22BrClN2/c1-2-3-8-19(12-5-6-12)15(10-18)13-9-11(17)4-7-14(13)16/h4,7,9,12,15H,2-3,5-6,8,10,18H2,1H3. The molecule has 1 atom stereocenters. The van der Waals surface area contributed by atoms with E-state index in [9.17, 15) is 0 Å². The summed E-state index contributed by atoms with van der Waals surface area (Å²) in [5.74, 6) is 0. The molecule has 0 radical (unpaired) electrons. The Balaban J connectivity index is 2.22. The summed E-state index contributed by atoms with van der Waals surface area (Å²) < 4.78 is 1.11.